The van der Waals surface area contributed by atoms with Crippen LogP contribution in [0.15, 0.2) is 22.8 Å². The average molecular weight is 344 g/mol. The number of carbonyl (C=O) groups is 1. The van der Waals surface area contributed by atoms with Gasteiger partial charge in [0, 0.05) is 19.7 Å². The van der Waals surface area contributed by atoms with Gasteiger partial charge in [-0.25, -0.2) is 8.42 Å². The summed E-state index contributed by atoms with van der Waals surface area (Å²) in [5.74, 6) is 0.543. The van der Waals surface area contributed by atoms with Crippen molar-refractivity contribution in [2.45, 2.75) is 38.3 Å². The number of nitrogens with zero attached hydrogens (tertiary/aromatic N) is 1. The summed E-state index contributed by atoms with van der Waals surface area (Å²) >= 11 is 0. The minimum Gasteiger partial charge on any atom is -0.467 e. The minimum atomic E-state index is -3.35. The van der Waals surface area contributed by atoms with Crippen LogP contribution in [0, 0.1) is 0 Å². The number of sulfonamides is 1. The summed E-state index contributed by atoms with van der Waals surface area (Å²) in [5, 5.41) is 2.80. The zero-order chi connectivity index (χ0) is 16.7. The van der Waals surface area contributed by atoms with Crippen molar-refractivity contribution in [3.8, 4) is 0 Å². The van der Waals surface area contributed by atoms with Gasteiger partial charge in [0.2, 0.25) is 15.9 Å². The maximum absolute atomic E-state index is 12.2. The van der Waals surface area contributed by atoms with Crippen LogP contribution in [0.4, 0.5) is 0 Å². The number of amides is 1. The molecule has 1 saturated heterocycles. The second kappa shape index (κ2) is 8.47. The highest BCUT2D eigenvalue weighted by Gasteiger charge is 2.34. The van der Waals surface area contributed by atoms with E-state index >= 15 is 0 Å². The number of nitrogens with one attached hydrogen (secondary N) is 1. The van der Waals surface area contributed by atoms with Crippen LogP contribution in [0.2, 0.25) is 0 Å². The van der Waals surface area contributed by atoms with Crippen LogP contribution in [0.5, 0.6) is 0 Å². The summed E-state index contributed by atoms with van der Waals surface area (Å²) in [5.41, 5.74) is 0. The van der Waals surface area contributed by atoms with Gasteiger partial charge in [-0.2, -0.15) is 4.31 Å². The van der Waals surface area contributed by atoms with Crippen molar-refractivity contribution in [2.75, 3.05) is 26.0 Å². The van der Waals surface area contributed by atoms with Crippen LogP contribution in [0.25, 0.3) is 0 Å². The van der Waals surface area contributed by atoms with Crippen molar-refractivity contribution in [2.24, 2.45) is 0 Å². The van der Waals surface area contributed by atoms with Crippen LogP contribution in [0.1, 0.15) is 31.4 Å². The van der Waals surface area contributed by atoms with Gasteiger partial charge in [0.25, 0.3) is 0 Å². The Hall–Kier alpha value is -1.38. The van der Waals surface area contributed by atoms with Crippen molar-refractivity contribution in [1.29, 1.82) is 0 Å². The molecular formula is C15H24N2O5S. The second-order valence-corrected chi connectivity index (χ2v) is 7.60. The molecule has 130 valence electrons. The molecule has 1 amide bonds. The molecule has 1 aromatic rings. The Morgan fingerprint density at radius 1 is 1.48 bits per heavy atom. The van der Waals surface area contributed by atoms with Crippen LogP contribution < -0.4 is 5.32 Å². The number of hydrogen-bond acceptors (Lipinski definition) is 5. The van der Waals surface area contributed by atoms with Crippen LogP contribution in [-0.4, -0.2) is 50.6 Å². The second-order valence-electron chi connectivity index (χ2n) is 5.66. The van der Waals surface area contributed by atoms with Gasteiger partial charge in [-0.15, -0.1) is 0 Å². The highest BCUT2D eigenvalue weighted by atomic mass is 32.2. The summed E-state index contributed by atoms with van der Waals surface area (Å²) in [6.07, 6.45) is 5.66. The molecule has 1 aromatic heterocycles. The van der Waals surface area contributed by atoms with Crippen LogP contribution in [-0.2, 0) is 26.2 Å². The standard InChI is InChI=1S/C15H24N2O5S/c1-23(19,20)17-9-3-2-7-14(17)15(18)16-8-5-10-21-12-13-6-4-11-22-13/h4,6,11,14H,2-3,5,7-10,12H2,1H3,(H,16,18)/t14-/m0/s1. The van der Waals surface area contributed by atoms with E-state index in [-0.39, 0.29) is 5.91 Å². The summed E-state index contributed by atoms with van der Waals surface area (Å²) in [6, 6.07) is 3.06. The van der Waals surface area contributed by atoms with E-state index in [1.54, 1.807) is 12.3 Å². The Bertz CT molecular complexity index is 585. The SMILES string of the molecule is CS(=O)(=O)N1CCCC[C@H]1C(=O)NCCCOCc1ccco1. The number of piperidine rings is 1. The Kier molecular flexibility index (Phi) is 6.61. The first-order valence-electron chi connectivity index (χ1n) is 7.83. The largest absolute Gasteiger partial charge is 0.467 e. The highest BCUT2D eigenvalue weighted by Crippen LogP contribution is 2.19. The molecule has 0 bridgehead atoms. The Labute approximate surface area is 137 Å². The molecule has 0 spiro atoms. The molecule has 1 aliphatic rings. The molecule has 2 rings (SSSR count). The molecule has 1 fully saturated rings. The van der Waals surface area contributed by atoms with Gasteiger partial charge in [-0.05, 0) is 31.4 Å². The monoisotopic (exact) mass is 344 g/mol. The first-order valence-corrected chi connectivity index (χ1v) is 9.68. The average Bonchev–Trinajstić information content (AvgIpc) is 3.03. The van der Waals surface area contributed by atoms with E-state index in [0.717, 1.165) is 24.9 Å². The third-order valence-electron chi connectivity index (χ3n) is 3.77. The van der Waals surface area contributed by atoms with E-state index in [9.17, 15) is 13.2 Å². The minimum absolute atomic E-state index is 0.221. The molecule has 2 heterocycles. The van der Waals surface area contributed by atoms with Gasteiger partial charge < -0.3 is 14.5 Å². The predicted molar refractivity (Wildman–Crippen MR) is 85.2 cm³/mol. The zero-order valence-corrected chi connectivity index (χ0v) is 14.2. The first-order chi connectivity index (χ1) is 11.0. The number of rotatable bonds is 8. The summed E-state index contributed by atoms with van der Waals surface area (Å²) in [6.45, 7) is 1.79. The van der Waals surface area contributed by atoms with E-state index in [4.69, 9.17) is 9.15 Å². The molecule has 8 heteroatoms. The molecule has 0 aromatic carbocycles. The molecule has 0 saturated carbocycles. The molecule has 23 heavy (non-hydrogen) atoms. The van der Waals surface area contributed by atoms with Crippen molar-refractivity contribution < 1.29 is 22.4 Å². The fourth-order valence-corrected chi connectivity index (χ4v) is 3.76. The Morgan fingerprint density at radius 3 is 3.00 bits per heavy atom. The smallest absolute Gasteiger partial charge is 0.238 e. The lowest BCUT2D eigenvalue weighted by Crippen LogP contribution is -2.51. The normalized spacial score (nSPS) is 19.6. The third-order valence-corrected chi connectivity index (χ3v) is 5.06. The van der Waals surface area contributed by atoms with Crippen LogP contribution >= 0.6 is 0 Å². The molecule has 1 N–H and O–H groups in total. The van der Waals surface area contributed by atoms with Gasteiger partial charge in [0.05, 0.1) is 12.5 Å². The summed E-state index contributed by atoms with van der Waals surface area (Å²) in [7, 11) is -3.35. The highest BCUT2D eigenvalue weighted by molar-refractivity contribution is 7.88. The molecule has 0 aliphatic carbocycles. The van der Waals surface area contributed by atoms with E-state index in [1.807, 2.05) is 6.07 Å². The molecular weight excluding hydrogens is 320 g/mol. The van der Waals surface area contributed by atoms with Crippen molar-refractivity contribution in [3.63, 3.8) is 0 Å². The number of furan rings is 1. The predicted octanol–water partition coefficient (Wildman–Crippen LogP) is 1.12. The molecule has 0 unspecified atom stereocenters. The molecule has 1 aliphatic heterocycles. The molecule has 1 atom stereocenters. The topological polar surface area (TPSA) is 88.9 Å². The number of ether oxygens (including phenoxy) is 1. The number of hydrogen-bond donors (Lipinski definition) is 1. The molecule has 0 radical (unpaired) electrons. The lowest BCUT2D eigenvalue weighted by Gasteiger charge is -2.32. The van der Waals surface area contributed by atoms with E-state index in [0.29, 0.717) is 39.1 Å². The fraction of sp³-hybridized carbons (Fsp3) is 0.667. The van der Waals surface area contributed by atoms with Crippen molar-refractivity contribution in [1.82, 2.24) is 9.62 Å². The lowest BCUT2D eigenvalue weighted by atomic mass is 10.0. The molecule has 7 nitrogen and oxygen atoms in total. The quantitative estimate of drug-likeness (QED) is 0.714. The fourth-order valence-electron chi connectivity index (χ4n) is 2.64. The Morgan fingerprint density at radius 2 is 2.30 bits per heavy atom. The van der Waals surface area contributed by atoms with E-state index in [1.165, 1.54) is 4.31 Å². The third kappa shape index (κ3) is 5.63. The van der Waals surface area contributed by atoms with Crippen molar-refractivity contribution in [3.05, 3.63) is 24.2 Å². The zero-order valence-electron chi connectivity index (χ0n) is 13.4. The van der Waals surface area contributed by atoms with Gasteiger partial charge in [0.1, 0.15) is 18.4 Å². The first kappa shape index (κ1) is 18.0. The van der Waals surface area contributed by atoms with Gasteiger partial charge in [-0.1, -0.05) is 6.42 Å². The van der Waals surface area contributed by atoms with Gasteiger partial charge >= 0.3 is 0 Å². The van der Waals surface area contributed by atoms with E-state index < -0.39 is 16.1 Å². The van der Waals surface area contributed by atoms with Crippen molar-refractivity contribution >= 4 is 15.9 Å². The Balaban J connectivity index is 1.67. The van der Waals surface area contributed by atoms with Crippen LogP contribution in [0.3, 0.4) is 0 Å². The lowest BCUT2D eigenvalue weighted by molar-refractivity contribution is -0.125. The maximum Gasteiger partial charge on any atom is 0.238 e. The number of carbonyl (C=O) groups excluding carboxylic acids is 1. The summed E-state index contributed by atoms with van der Waals surface area (Å²) < 4.78 is 35.4. The van der Waals surface area contributed by atoms with Gasteiger partial charge in [0.15, 0.2) is 0 Å². The maximum atomic E-state index is 12.2. The van der Waals surface area contributed by atoms with E-state index in [2.05, 4.69) is 5.32 Å². The van der Waals surface area contributed by atoms with Gasteiger partial charge in [-0.3, -0.25) is 4.79 Å². The summed E-state index contributed by atoms with van der Waals surface area (Å²) in [4.78, 5) is 12.2.